The Balaban J connectivity index is 3.76. The van der Waals surface area contributed by atoms with Crippen LogP contribution in [0.25, 0.3) is 0 Å². The van der Waals surface area contributed by atoms with Crippen LogP contribution in [0.3, 0.4) is 0 Å². The summed E-state index contributed by atoms with van der Waals surface area (Å²) in [6.45, 7) is 1.69. The molecule has 0 atom stereocenters. The first-order valence-corrected chi connectivity index (χ1v) is 8.58. The SMILES string of the molecule is CO[Si](CCCNC(=O)OCC[N+](C)(C)C)(OC)OC. The normalized spacial score (nSPS) is 12.3. The van der Waals surface area contributed by atoms with E-state index in [2.05, 4.69) is 5.32 Å². The molecule has 0 aliphatic carbocycles. The molecule has 0 aromatic carbocycles. The van der Waals surface area contributed by atoms with Crippen LogP contribution < -0.4 is 5.32 Å². The Kier molecular flexibility index (Phi) is 8.98. The van der Waals surface area contributed by atoms with Gasteiger partial charge < -0.3 is 27.8 Å². The summed E-state index contributed by atoms with van der Waals surface area (Å²) in [4.78, 5) is 11.4. The number of nitrogens with one attached hydrogen (secondary N) is 1. The van der Waals surface area contributed by atoms with Crippen molar-refractivity contribution in [2.24, 2.45) is 0 Å². The second-order valence-electron chi connectivity index (χ2n) is 5.48. The fraction of sp³-hybridized carbons (Fsp3) is 0.917. The van der Waals surface area contributed by atoms with Gasteiger partial charge in [0, 0.05) is 33.9 Å². The summed E-state index contributed by atoms with van der Waals surface area (Å²) in [5, 5.41) is 2.70. The van der Waals surface area contributed by atoms with Gasteiger partial charge in [0.2, 0.25) is 0 Å². The first-order valence-electron chi connectivity index (χ1n) is 6.65. The second kappa shape index (κ2) is 9.30. The van der Waals surface area contributed by atoms with Gasteiger partial charge in [-0.15, -0.1) is 0 Å². The number of amides is 1. The molecule has 0 radical (unpaired) electrons. The molecule has 0 heterocycles. The molecule has 0 fully saturated rings. The molecular formula is C12H29N2O5Si+. The van der Waals surface area contributed by atoms with Crippen molar-refractivity contribution < 1.29 is 27.3 Å². The standard InChI is InChI=1S/C12H28N2O5Si/c1-14(2,3)9-10-19-12(15)13-8-7-11-20(16-4,17-5)18-6/h7-11H2,1-6H3/p+1. The highest BCUT2D eigenvalue weighted by molar-refractivity contribution is 6.60. The van der Waals surface area contributed by atoms with Crippen LogP contribution in [-0.4, -0.2) is 81.5 Å². The topological polar surface area (TPSA) is 66.0 Å². The van der Waals surface area contributed by atoms with Gasteiger partial charge in [-0.3, -0.25) is 0 Å². The van der Waals surface area contributed by atoms with E-state index < -0.39 is 14.9 Å². The molecule has 0 aliphatic heterocycles. The lowest BCUT2D eigenvalue weighted by molar-refractivity contribution is -0.870. The largest absolute Gasteiger partial charge is 0.500 e. The summed E-state index contributed by atoms with van der Waals surface area (Å²) in [7, 11) is 8.33. The minimum Gasteiger partial charge on any atom is -0.444 e. The summed E-state index contributed by atoms with van der Waals surface area (Å²) < 4.78 is 21.7. The molecule has 7 nitrogen and oxygen atoms in total. The molecule has 1 amide bonds. The van der Waals surface area contributed by atoms with Crippen molar-refractivity contribution in [3.8, 4) is 0 Å². The van der Waals surface area contributed by atoms with Gasteiger partial charge in [0.15, 0.2) is 0 Å². The van der Waals surface area contributed by atoms with Crippen LogP contribution in [-0.2, 0) is 18.0 Å². The highest BCUT2D eigenvalue weighted by Crippen LogP contribution is 2.14. The average molecular weight is 309 g/mol. The van der Waals surface area contributed by atoms with E-state index in [4.69, 9.17) is 18.0 Å². The molecule has 0 bridgehead atoms. The number of rotatable bonds is 10. The molecule has 0 rings (SSSR count). The molecule has 0 saturated carbocycles. The Labute approximate surface area is 123 Å². The number of carbonyl (C=O) groups excluding carboxylic acids is 1. The second-order valence-corrected chi connectivity index (χ2v) is 8.57. The van der Waals surface area contributed by atoms with E-state index in [9.17, 15) is 4.79 Å². The maximum absolute atomic E-state index is 11.4. The van der Waals surface area contributed by atoms with Crippen molar-refractivity contribution in [3.05, 3.63) is 0 Å². The van der Waals surface area contributed by atoms with Crippen molar-refractivity contribution in [1.29, 1.82) is 0 Å². The van der Waals surface area contributed by atoms with E-state index in [1.54, 1.807) is 21.3 Å². The van der Waals surface area contributed by atoms with E-state index in [1.807, 2.05) is 21.1 Å². The zero-order valence-electron chi connectivity index (χ0n) is 13.5. The number of likely N-dealkylation sites (N-methyl/N-ethyl adjacent to an activating group) is 1. The minimum absolute atomic E-state index is 0.391. The maximum Gasteiger partial charge on any atom is 0.500 e. The van der Waals surface area contributed by atoms with E-state index in [-0.39, 0.29) is 0 Å². The van der Waals surface area contributed by atoms with Crippen molar-refractivity contribution in [3.63, 3.8) is 0 Å². The fourth-order valence-electron chi connectivity index (χ4n) is 1.51. The predicted octanol–water partition coefficient (Wildman–Crippen LogP) is 0.687. The Bertz CT molecular complexity index is 271. The van der Waals surface area contributed by atoms with Gasteiger partial charge in [0.25, 0.3) is 0 Å². The maximum atomic E-state index is 11.4. The summed E-state index contributed by atoms with van der Waals surface area (Å²) in [5.74, 6) is 0. The van der Waals surface area contributed by atoms with Crippen LogP contribution in [0.2, 0.25) is 6.04 Å². The van der Waals surface area contributed by atoms with Crippen molar-refractivity contribution in [1.82, 2.24) is 5.32 Å². The summed E-state index contributed by atoms with van der Waals surface area (Å²) in [6, 6.07) is 0.648. The van der Waals surface area contributed by atoms with Gasteiger partial charge in [-0.2, -0.15) is 0 Å². The van der Waals surface area contributed by atoms with E-state index in [0.717, 1.165) is 11.0 Å². The third kappa shape index (κ3) is 8.49. The Morgan fingerprint density at radius 1 is 1.10 bits per heavy atom. The molecule has 1 N–H and O–H groups in total. The first kappa shape index (κ1) is 19.3. The lowest BCUT2D eigenvalue weighted by atomic mass is 10.5. The van der Waals surface area contributed by atoms with Gasteiger partial charge >= 0.3 is 14.9 Å². The lowest BCUT2D eigenvalue weighted by Gasteiger charge is -2.24. The summed E-state index contributed by atoms with van der Waals surface area (Å²) in [6.07, 6.45) is 0.324. The van der Waals surface area contributed by atoms with Gasteiger partial charge in [0.1, 0.15) is 13.2 Å². The smallest absolute Gasteiger partial charge is 0.444 e. The molecule has 0 spiro atoms. The molecule has 8 heteroatoms. The number of hydrogen-bond donors (Lipinski definition) is 1. The van der Waals surface area contributed by atoms with E-state index in [1.165, 1.54) is 0 Å². The summed E-state index contributed by atoms with van der Waals surface area (Å²) in [5.41, 5.74) is 0. The number of ether oxygens (including phenoxy) is 1. The third-order valence-electron chi connectivity index (χ3n) is 2.86. The molecule has 0 aromatic rings. The Morgan fingerprint density at radius 3 is 2.10 bits per heavy atom. The quantitative estimate of drug-likeness (QED) is 0.365. The first-order chi connectivity index (χ1) is 9.28. The average Bonchev–Trinajstić information content (AvgIpc) is 2.38. The van der Waals surface area contributed by atoms with Crippen LogP contribution >= 0.6 is 0 Å². The highest BCUT2D eigenvalue weighted by Gasteiger charge is 2.36. The molecule has 0 aromatic heterocycles. The molecular weight excluding hydrogens is 280 g/mol. The van der Waals surface area contributed by atoms with Crippen molar-refractivity contribution in [2.45, 2.75) is 12.5 Å². The Morgan fingerprint density at radius 2 is 1.65 bits per heavy atom. The van der Waals surface area contributed by atoms with E-state index in [0.29, 0.717) is 25.6 Å². The molecule has 0 aliphatic rings. The van der Waals surface area contributed by atoms with Gasteiger partial charge in [-0.05, 0) is 6.42 Å². The van der Waals surface area contributed by atoms with Gasteiger partial charge in [0.05, 0.1) is 21.1 Å². The zero-order chi connectivity index (χ0) is 15.6. The summed E-state index contributed by atoms with van der Waals surface area (Å²) >= 11 is 0. The number of nitrogens with zero attached hydrogens (tertiary/aromatic N) is 1. The fourth-order valence-corrected chi connectivity index (χ4v) is 3.24. The third-order valence-corrected chi connectivity index (χ3v) is 5.69. The van der Waals surface area contributed by atoms with E-state index >= 15 is 0 Å². The monoisotopic (exact) mass is 309 g/mol. The molecule has 0 unspecified atom stereocenters. The predicted molar refractivity (Wildman–Crippen MR) is 78.5 cm³/mol. The number of alkyl carbamates (subject to hydrolysis) is 1. The zero-order valence-corrected chi connectivity index (χ0v) is 14.5. The van der Waals surface area contributed by atoms with Crippen molar-refractivity contribution in [2.75, 3.05) is 62.2 Å². The number of carbonyl (C=O) groups is 1. The van der Waals surface area contributed by atoms with Gasteiger partial charge in [-0.1, -0.05) is 0 Å². The highest BCUT2D eigenvalue weighted by atomic mass is 28.4. The number of quaternary nitrogens is 1. The van der Waals surface area contributed by atoms with Crippen molar-refractivity contribution >= 4 is 14.9 Å². The van der Waals surface area contributed by atoms with Crippen LogP contribution in [0.1, 0.15) is 6.42 Å². The van der Waals surface area contributed by atoms with Crippen LogP contribution in [0, 0.1) is 0 Å². The lowest BCUT2D eigenvalue weighted by Crippen LogP contribution is -2.43. The number of hydrogen-bond acceptors (Lipinski definition) is 5. The minimum atomic E-state index is -2.53. The van der Waals surface area contributed by atoms with Crippen LogP contribution in [0.5, 0.6) is 0 Å². The van der Waals surface area contributed by atoms with Gasteiger partial charge in [-0.25, -0.2) is 4.79 Å². The molecule has 120 valence electrons. The Hall–Kier alpha value is -0.673. The molecule has 20 heavy (non-hydrogen) atoms. The van der Waals surface area contributed by atoms with Crippen LogP contribution in [0.15, 0.2) is 0 Å². The van der Waals surface area contributed by atoms with Crippen LogP contribution in [0.4, 0.5) is 4.79 Å². The molecule has 0 saturated heterocycles.